The predicted molar refractivity (Wildman–Crippen MR) is 103 cm³/mol. The second kappa shape index (κ2) is 8.61. The summed E-state index contributed by atoms with van der Waals surface area (Å²) in [6.07, 6.45) is 1.03. The van der Waals surface area contributed by atoms with E-state index < -0.39 is 10.0 Å². The zero-order chi connectivity index (χ0) is 18.4. The summed E-state index contributed by atoms with van der Waals surface area (Å²) in [7, 11) is 0.483. The van der Waals surface area contributed by atoms with Crippen LogP contribution in [-0.2, 0) is 23.1 Å². The lowest BCUT2D eigenvalue weighted by Gasteiger charge is -2.15. The molecule has 0 radical (unpaired) electrons. The van der Waals surface area contributed by atoms with E-state index in [1.54, 1.807) is 12.1 Å². The zero-order valence-electron chi connectivity index (χ0n) is 15.5. The molecule has 0 aromatic heterocycles. The van der Waals surface area contributed by atoms with E-state index in [0.717, 1.165) is 29.7 Å². The van der Waals surface area contributed by atoms with Gasteiger partial charge >= 0.3 is 0 Å². The molecule has 2 aromatic carbocycles. The molecule has 1 N–H and O–H groups in total. The monoisotopic (exact) mass is 360 g/mol. The summed E-state index contributed by atoms with van der Waals surface area (Å²) in [5.74, 6) is 0.433. The molecular weight excluding hydrogens is 332 g/mol. The maximum Gasteiger partial charge on any atom is 0.240 e. The van der Waals surface area contributed by atoms with Crippen LogP contribution in [0.5, 0.6) is 0 Å². The van der Waals surface area contributed by atoms with Crippen LogP contribution in [0.1, 0.15) is 42.9 Å². The van der Waals surface area contributed by atoms with Gasteiger partial charge in [0.15, 0.2) is 0 Å². The van der Waals surface area contributed by atoms with Crippen molar-refractivity contribution in [3.05, 3.63) is 65.2 Å². The topological polar surface area (TPSA) is 49.4 Å². The molecule has 0 aliphatic carbocycles. The summed E-state index contributed by atoms with van der Waals surface area (Å²) >= 11 is 0. The van der Waals surface area contributed by atoms with Crippen LogP contribution in [0.15, 0.2) is 53.4 Å². The van der Waals surface area contributed by atoms with E-state index in [9.17, 15) is 8.42 Å². The molecule has 0 saturated heterocycles. The normalized spacial score (nSPS) is 13.2. The minimum atomic E-state index is -3.52. The highest BCUT2D eigenvalue weighted by Gasteiger charge is 2.15. The number of nitrogens with one attached hydrogen (secondary N) is 1. The Balaban J connectivity index is 2.12. The number of benzene rings is 2. The summed E-state index contributed by atoms with van der Waals surface area (Å²) in [4.78, 5) is 2.38. The van der Waals surface area contributed by atoms with Gasteiger partial charge in [0.05, 0.1) is 4.90 Å². The Kier molecular flexibility index (Phi) is 6.76. The second-order valence-corrected chi connectivity index (χ2v) is 8.48. The van der Waals surface area contributed by atoms with Crippen molar-refractivity contribution < 1.29 is 8.42 Å². The largest absolute Gasteiger partial charge is 0.305 e. The third kappa shape index (κ3) is 5.39. The number of hydrogen-bond donors (Lipinski definition) is 1. The van der Waals surface area contributed by atoms with E-state index in [-0.39, 0.29) is 0 Å². The first-order valence-corrected chi connectivity index (χ1v) is 10.1. The van der Waals surface area contributed by atoms with Crippen molar-refractivity contribution >= 4 is 10.0 Å². The standard InChI is InChI=1S/C20H28N2O2S/c1-5-16(2)17-10-12-20(13-11-17)25(23,24)21-14-18-8-6-7-9-19(18)15-22(3)4/h6-13,16,21H,5,14-15H2,1-4H3. The molecule has 4 nitrogen and oxygen atoms in total. The van der Waals surface area contributed by atoms with Gasteiger partial charge in [-0.25, -0.2) is 13.1 Å². The number of sulfonamides is 1. The van der Waals surface area contributed by atoms with Crippen molar-refractivity contribution in [3.63, 3.8) is 0 Å². The van der Waals surface area contributed by atoms with E-state index in [1.165, 1.54) is 0 Å². The van der Waals surface area contributed by atoms with E-state index in [1.807, 2.05) is 50.5 Å². The van der Waals surface area contributed by atoms with Crippen LogP contribution in [0.2, 0.25) is 0 Å². The third-order valence-corrected chi connectivity index (χ3v) is 5.85. The summed E-state index contributed by atoms with van der Waals surface area (Å²) in [6, 6.07) is 15.1. The number of nitrogens with zero attached hydrogens (tertiary/aromatic N) is 1. The third-order valence-electron chi connectivity index (χ3n) is 4.43. The highest BCUT2D eigenvalue weighted by atomic mass is 32.2. The lowest BCUT2D eigenvalue weighted by molar-refractivity contribution is 0.400. The minimum absolute atomic E-state index is 0.291. The average molecular weight is 361 g/mol. The van der Waals surface area contributed by atoms with Gasteiger partial charge < -0.3 is 4.90 Å². The van der Waals surface area contributed by atoms with Gasteiger partial charge in [-0.15, -0.1) is 0 Å². The summed E-state index contributed by atoms with van der Waals surface area (Å²) in [5.41, 5.74) is 3.29. The molecule has 2 aromatic rings. The predicted octanol–water partition coefficient (Wildman–Crippen LogP) is 3.74. The summed E-state index contributed by atoms with van der Waals surface area (Å²) in [5, 5.41) is 0. The van der Waals surface area contributed by atoms with Crippen LogP contribution in [0.25, 0.3) is 0 Å². The van der Waals surface area contributed by atoms with Crippen molar-refractivity contribution in [3.8, 4) is 0 Å². The van der Waals surface area contributed by atoms with E-state index >= 15 is 0 Å². The average Bonchev–Trinajstić information content (AvgIpc) is 2.60. The molecular formula is C20H28N2O2S. The molecule has 1 atom stereocenters. The molecule has 0 saturated carbocycles. The van der Waals surface area contributed by atoms with Crippen LogP contribution in [0.4, 0.5) is 0 Å². The zero-order valence-corrected chi connectivity index (χ0v) is 16.3. The first kappa shape index (κ1) is 19.6. The Morgan fingerprint density at radius 3 is 2.16 bits per heavy atom. The highest BCUT2D eigenvalue weighted by molar-refractivity contribution is 7.89. The molecule has 0 aliphatic heterocycles. The maximum absolute atomic E-state index is 12.6. The van der Waals surface area contributed by atoms with Gasteiger partial charge in [0.25, 0.3) is 0 Å². The lowest BCUT2D eigenvalue weighted by atomic mass is 9.99. The van der Waals surface area contributed by atoms with E-state index in [4.69, 9.17) is 0 Å². The fourth-order valence-corrected chi connectivity index (χ4v) is 3.70. The molecule has 0 heterocycles. The molecule has 0 bridgehead atoms. The van der Waals surface area contributed by atoms with Gasteiger partial charge in [-0.3, -0.25) is 0 Å². The second-order valence-electron chi connectivity index (χ2n) is 6.71. The van der Waals surface area contributed by atoms with E-state index in [0.29, 0.717) is 17.4 Å². The summed E-state index contributed by atoms with van der Waals surface area (Å²) in [6.45, 7) is 5.34. The fraction of sp³-hybridized carbons (Fsp3) is 0.400. The van der Waals surface area contributed by atoms with Gasteiger partial charge in [0.2, 0.25) is 10.0 Å². The molecule has 2 rings (SSSR count). The quantitative estimate of drug-likeness (QED) is 0.780. The van der Waals surface area contributed by atoms with Gasteiger partial charge in [-0.05, 0) is 55.3 Å². The molecule has 0 fully saturated rings. The fourth-order valence-electron chi connectivity index (χ4n) is 2.69. The van der Waals surface area contributed by atoms with Crippen molar-refractivity contribution in [2.45, 2.75) is 44.2 Å². The Morgan fingerprint density at radius 2 is 1.60 bits per heavy atom. The first-order chi connectivity index (χ1) is 11.8. The summed E-state index contributed by atoms with van der Waals surface area (Å²) < 4.78 is 27.9. The van der Waals surface area contributed by atoms with Crippen LogP contribution in [0, 0.1) is 0 Å². The van der Waals surface area contributed by atoms with Crippen LogP contribution in [0.3, 0.4) is 0 Å². The van der Waals surface area contributed by atoms with Crippen LogP contribution >= 0.6 is 0 Å². The molecule has 0 spiro atoms. The molecule has 0 amide bonds. The van der Waals surface area contributed by atoms with Gasteiger partial charge in [0, 0.05) is 13.1 Å². The Labute approximate surface area is 151 Å². The molecule has 5 heteroatoms. The molecule has 25 heavy (non-hydrogen) atoms. The van der Waals surface area contributed by atoms with Crippen molar-refractivity contribution in [1.29, 1.82) is 0 Å². The van der Waals surface area contributed by atoms with Crippen LogP contribution in [-0.4, -0.2) is 27.4 Å². The lowest BCUT2D eigenvalue weighted by Crippen LogP contribution is -2.24. The van der Waals surface area contributed by atoms with E-state index in [2.05, 4.69) is 23.5 Å². The first-order valence-electron chi connectivity index (χ1n) is 8.64. The minimum Gasteiger partial charge on any atom is -0.305 e. The SMILES string of the molecule is CCC(C)c1ccc(S(=O)(=O)NCc2ccccc2CN(C)C)cc1. The van der Waals surface area contributed by atoms with Crippen LogP contribution < -0.4 is 4.72 Å². The highest BCUT2D eigenvalue weighted by Crippen LogP contribution is 2.20. The Morgan fingerprint density at radius 1 is 1.00 bits per heavy atom. The number of rotatable bonds is 8. The Hall–Kier alpha value is -1.69. The molecule has 1 unspecified atom stereocenters. The smallest absolute Gasteiger partial charge is 0.240 e. The number of hydrogen-bond acceptors (Lipinski definition) is 3. The molecule has 0 aliphatic rings. The van der Waals surface area contributed by atoms with Gasteiger partial charge in [0.1, 0.15) is 0 Å². The Bertz CT molecular complexity index is 784. The molecule has 136 valence electrons. The van der Waals surface area contributed by atoms with Crippen molar-refractivity contribution in [2.24, 2.45) is 0 Å². The van der Waals surface area contributed by atoms with Gasteiger partial charge in [-0.1, -0.05) is 50.2 Å². The maximum atomic E-state index is 12.6. The van der Waals surface area contributed by atoms with Crippen molar-refractivity contribution in [2.75, 3.05) is 14.1 Å². The van der Waals surface area contributed by atoms with Crippen molar-refractivity contribution in [1.82, 2.24) is 9.62 Å². The van der Waals surface area contributed by atoms with Gasteiger partial charge in [-0.2, -0.15) is 0 Å².